The van der Waals surface area contributed by atoms with Gasteiger partial charge in [0, 0.05) is 19.3 Å². The number of hydrogen-bond donors (Lipinski definition) is 1. The third-order valence-corrected chi connectivity index (χ3v) is 3.95. The number of benzene rings is 1. The molecule has 110 valence electrons. The van der Waals surface area contributed by atoms with Crippen LogP contribution in [0.1, 0.15) is 23.3 Å². The van der Waals surface area contributed by atoms with Gasteiger partial charge in [0.15, 0.2) is 0 Å². The average molecular weight is 283 g/mol. The van der Waals surface area contributed by atoms with Gasteiger partial charge in [0.25, 0.3) is 0 Å². The molecule has 1 aromatic heterocycles. The number of hydrogen-bond acceptors (Lipinski definition) is 4. The van der Waals surface area contributed by atoms with E-state index >= 15 is 0 Å². The maximum Gasteiger partial charge on any atom is 0.0717 e. The first-order valence-electron chi connectivity index (χ1n) is 7.39. The fraction of sp³-hybridized carbons (Fsp3) is 0.353. The summed E-state index contributed by atoms with van der Waals surface area (Å²) in [6.45, 7) is 3.29. The number of nitrogens with zero attached hydrogens (tertiary/aromatic N) is 2. The van der Waals surface area contributed by atoms with Crippen LogP contribution in [-0.4, -0.2) is 36.2 Å². The maximum absolute atomic E-state index is 6.58. The Labute approximate surface area is 125 Å². The molecule has 4 heteroatoms. The first kappa shape index (κ1) is 14.2. The van der Waals surface area contributed by atoms with Crippen LogP contribution in [0.2, 0.25) is 0 Å². The van der Waals surface area contributed by atoms with Gasteiger partial charge in [-0.15, -0.1) is 0 Å². The molecule has 0 aliphatic carbocycles. The maximum atomic E-state index is 6.58. The van der Waals surface area contributed by atoms with Crippen molar-refractivity contribution in [1.82, 2.24) is 9.88 Å². The van der Waals surface area contributed by atoms with Crippen molar-refractivity contribution in [2.45, 2.75) is 12.1 Å². The van der Waals surface area contributed by atoms with Gasteiger partial charge in [0.05, 0.1) is 31.0 Å². The summed E-state index contributed by atoms with van der Waals surface area (Å²) < 4.78 is 5.47. The van der Waals surface area contributed by atoms with Crippen LogP contribution in [0.15, 0.2) is 54.7 Å². The minimum Gasteiger partial charge on any atom is -0.379 e. The summed E-state index contributed by atoms with van der Waals surface area (Å²) in [6, 6.07) is 16.2. The first-order valence-corrected chi connectivity index (χ1v) is 7.39. The van der Waals surface area contributed by atoms with E-state index in [1.807, 2.05) is 36.5 Å². The van der Waals surface area contributed by atoms with Gasteiger partial charge in [-0.25, -0.2) is 0 Å². The topological polar surface area (TPSA) is 51.4 Å². The zero-order chi connectivity index (χ0) is 14.5. The van der Waals surface area contributed by atoms with Crippen LogP contribution >= 0.6 is 0 Å². The molecule has 1 fully saturated rings. The molecule has 0 saturated carbocycles. The molecule has 1 saturated heterocycles. The van der Waals surface area contributed by atoms with Crippen LogP contribution < -0.4 is 5.73 Å². The summed E-state index contributed by atoms with van der Waals surface area (Å²) in [4.78, 5) is 6.92. The quantitative estimate of drug-likeness (QED) is 0.934. The van der Waals surface area contributed by atoms with E-state index in [0.29, 0.717) is 0 Å². The number of nitrogens with two attached hydrogens (primary N) is 1. The summed E-state index contributed by atoms with van der Waals surface area (Å²) >= 11 is 0. The van der Waals surface area contributed by atoms with Gasteiger partial charge >= 0.3 is 0 Å². The molecule has 3 rings (SSSR count). The average Bonchev–Trinajstić information content (AvgIpc) is 2.58. The number of rotatable bonds is 4. The summed E-state index contributed by atoms with van der Waals surface area (Å²) in [7, 11) is 0. The van der Waals surface area contributed by atoms with Crippen molar-refractivity contribution >= 4 is 0 Å². The van der Waals surface area contributed by atoms with E-state index in [9.17, 15) is 0 Å². The molecule has 2 atom stereocenters. The molecule has 2 unspecified atom stereocenters. The molecule has 0 radical (unpaired) electrons. The van der Waals surface area contributed by atoms with Crippen molar-refractivity contribution in [1.29, 1.82) is 0 Å². The lowest BCUT2D eigenvalue weighted by Gasteiger charge is -2.37. The Kier molecular flexibility index (Phi) is 4.60. The number of aromatic nitrogens is 1. The molecule has 0 spiro atoms. The van der Waals surface area contributed by atoms with E-state index in [0.717, 1.165) is 37.6 Å². The van der Waals surface area contributed by atoms with Crippen LogP contribution in [0.25, 0.3) is 0 Å². The summed E-state index contributed by atoms with van der Waals surface area (Å²) in [5.41, 5.74) is 8.74. The first-order chi connectivity index (χ1) is 10.4. The normalized spacial score (nSPS) is 19.1. The Morgan fingerprint density at radius 1 is 1.00 bits per heavy atom. The van der Waals surface area contributed by atoms with Gasteiger partial charge < -0.3 is 10.5 Å². The Morgan fingerprint density at radius 3 is 2.38 bits per heavy atom. The molecule has 2 N–H and O–H groups in total. The van der Waals surface area contributed by atoms with Crippen molar-refractivity contribution in [3.63, 3.8) is 0 Å². The van der Waals surface area contributed by atoms with Crippen molar-refractivity contribution in [2.75, 3.05) is 26.3 Å². The largest absolute Gasteiger partial charge is 0.379 e. The zero-order valence-corrected chi connectivity index (χ0v) is 12.1. The Hall–Kier alpha value is -1.75. The van der Waals surface area contributed by atoms with Crippen molar-refractivity contribution in [3.8, 4) is 0 Å². The van der Waals surface area contributed by atoms with Gasteiger partial charge in [0.1, 0.15) is 0 Å². The molecule has 0 bridgehead atoms. The van der Waals surface area contributed by atoms with Gasteiger partial charge in [-0.1, -0.05) is 36.4 Å². The van der Waals surface area contributed by atoms with Gasteiger partial charge in [0.2, 0.25) is 0 Å². The summed E-state index contributed by atoms with van der Waals surface area (Å²) in [5.74, 6) is 0. The third kappa shape index (κ3) is 3.29. The molecular formula is C17H21N3O. The molecule has 2 aromatic rings. The van der Waals surface area contributed by atoms with Gasteiger partial charge in [-0.2, -0.15) is 0 Å². The second-order valence-electron chi connectivity index (χ2n) is 5.28. The van der Waals surface area contributed by atoms with Crippen LogP contribution in [-0.2, 0) is 4.74 Å². The van der Waals surface area contributed by atoms with Crippen LogP contribution in [0.3, 0.4) is 0 Å². The minimum absolute atomic E-state index is 0.0810. The molecule has 0 amide bonds. The number of ether oxygens (including phenoxy) is 1. The van der Waals surface area contributed by atoms with Crippen molar-refractivity contribution in [3.05, 3.63) is 66.0 Å². The lowest BCUT2D eigenvalue weighted by atomic mass is 9.95. The number of morpholine rings is 1. The Morgan fingerprint density at radius 2 is 1.71 bits per heavy atom. The summed E-state index contributed by atoms with van der Waals surface area (Å²) in [6.07, 6.45) is 1.83. The van der Waals surface area contributed by atoms with E-state index in [4.69, 9.17) is 10.5 Å². The lowest BCUT2D eigenvalue weighted by molar-refractivity contribution is 0.00917. The third-order valence-electron chi connectivity index (χ3n) is 3.95. The standard InChI is InChI=1S/C17H21N3O/c18-16(14-6-2-1-3-7-14)17(15-8-4-5-9-19-15)20-10-12-21-13-11-20/h1-9,16-17H,10-13,18H2. The van der Waals surface area contributed by atoms with Crippen molar-refractivity contribution in [2.24, 2.45) is 5.73 Å². The fourth-order valence-corrected chi connectivity index (χ4v) is 2.86. The van der Waals surface area contributed by atoms with E-state index in [1.165, 1.54) is 0 Å². The molecule has 1 aliphatic rings. The van der Waals surface area contributed by atoms with Crippen LogP contribution in [0.4, 0.5) is 0 Å². The summed E-state index contributed by atoms with van der Waals surface area (Å²) in [5, 5.41) is 0. The predicted octanol–water partition coefficient (Wildman–Crippen LogP) is 2.15. The highest BCUT2D eigenvalue weighted by molar-refractivity contribution is 5.24. The Bertz CT molecular complexity index is 540. The highest BCUT2D eigenvalue weighted by Crippen LogP contribution is 2.31. The monoisotopic (exact) mass is 283 g/mol. The van der Waals surface area contributed by atoms with Gasteiger partial charge in [-0.3, -0.25) is 9.88 Å². The molecular weight excluding hydrogens is 262 g/mol. The molecule has 1 aliphatic heterocycles. The van der Waals surface area contributed by atoms with E-state index in [-0.39, 0.29) is 12.1 Å². The van der Waals surface area contributed by atoms with Crippen LogP contribution in [0.5, 0.6) is 0 Å². The van der Waals surface area contributed by atoms with Gasteiger partial charge in [-0.05, 0) is 17.7 Å². The van der Waals surface area contributed by atoms with E-state index < -0.39 is 0 Å². The molecule has 2 heterocycles. The molecule has 21 heavy (non-hydrogen) atoms. The SMILES string of the molecule is NC(c1ccccc1)C(c1ccccn1)N1CCOCC1. The smallest absolute Gasteiger partial charge is 0.0717 e. The minimum atomic E-state index is -0.0980. The molecule has 1 aromatic carbocycles. The van der Waals surface area contributed by atoms with Crippen LogP contribution in [0, 0.1) is 0 Å². The molecule has 4 nitrogen and oxygen atoms in total. The fourth-order valence-electron chi connectivity index (χ4n) is 2.86. The van der Waals surface area contributed by atoms with E-state index in [2.05, 4.69) is 28.1 Å². The zero-order valence-electron chi connectivity index (χ0n) is 12.1. The Balaban J connectivity index is 1.92. The highest BCUT2D eigenvalue weighted by atomic mass is 16.5. The van der Waals surface area contributed by atoms with Crippen molar-refractivity contribution < 1.29 is 4.74 Å². The lowest BCUT2D eigenvalue weighted by Crippen LogP contribution is -2.43. The number of pyridine rings is 1. The van der Waals surface area contributed by atoms with E-state index in [1.54, 1.807) is 0 Å². The second-order valence-corrected chi connectivity index (χ2v) is 5.28. The highest BCUT2D eigenvalue weighted by Gasteiger charge is 2.29. The predicted molar refractivity (Wildman–Crippen MR) is 82.7 cm³/mol. The second kappa shape index (κ2) is 6.80.